The highest BCUT2D eigenvalue weighted by Crippen LogP contribution is 2.31. The smallest absolute Gasteiger partial charge is 0.232 e. The summed E-state index contributed by atoms with van der Waals surface area (Å²) in [5, 5.41) is 0. The van der Waals surface area contributed by atoms with Gasteiger partial charge in [0.15, 0.2) is 11.5 Å². The van der Waals surface area contributed by atoms with E-state index in [1.54, 1.807) is 18.2 Å². The molecule has 6 heteroatoms. The van der Waals surface area contributed by atoms with Crippen LogP contribution in [0.1, 0.15) is 40.0 Å². The Kier molecular flexibility index (Phi) is 7.36. The fourth-order valence-electron chi connectivity index (χ4n) is 1.73. The SMILES string of the molecule is CCCOc1ccc(NS(=O)(=O)CCC)cc1OCCC. The maximum atomic E-state index is 11.8. The van der Waals surface area contributed by atoms with E-state index in [2.05, 4.69) is 4.72 Å². The number of anilines is 1. The third kappa shape index (κ3) is 6.25. The van der Waals surface area contributed by atoms with Crippen molar-refractivity contribution in [3.05, 3.63) is 18.2 Å². The first-order valence-electron chi connectivity index (χ1n) is 7.42. The third-order valence-electron chi connectivity index (χ3n) is 2.61. The molecule has 0 bridgehead atoms. The van der Waals surface area contributed by atoms with Crippen molar-refractivity contribution in [3.63, 3.8) is 0 Å². The van der Waals surface area contributed by atoms with Gasteiger partial charge in [0.1, 0.15) is 0 Å². The Labute approximate surface area is 127 Å². The molecule has 5 nitrogen and oxygen atoms in total. The lowest BCUT2D eigenvalue weighted by atomic mass is 10.3. The molecule has 0 radical (unpaired) electrons. The third-order valence-corrected chi connectivity index (χ3v) is 4.11. The summed E-state index contributed by atoms with van der Waals surface area (Å²) in [5.41, 5.74) is 0.499. The van der Waals surface area contributed by atoms with E-state index in [1.165, 1.54) is 0 Å². The quantitative estimate of drug-likeness (QED) is 0.718. The van der Waals surface area contributed by atoms with E-state index in [-0.39, 0.29) is 5.75 Å². The van der Waals surface area contributed by atoms with Gasteiger partial charge in [-0.3, -0.25) is 4.72 Å². The van der Waals surface area contributed by atoms with Gasteiger partial charge in [-0.15, -0.1) is 0 Å². The molecule has 0 heterocycles. The molecular weight excluding hydrogens is 290 g/mol. The molecule has 0 aromatic heterocycles. The van der Waals surface area contributed by atoms with Gasteiger partial charge in [0, 0.05) is 6.07 Å². The monoisotopic (exact) mass is 315 g/mol. The van der Waals surface area contributed by atoms with Crippen LogP contribution in [0.5, 0.6) is 11.5 Å². The number of hydrogen-bond acceptors (Lipinski definition) is 4. The predicted molar refractivity (Wildman–Crippen MR) is 85.7 cm³/mol. The fraction of sp³-hybridized carbons (Fsp3) is 0.600. The van der Waals surface area contributed by atoms with Crippen LogP contribution in [0.3, 0.4) is 0 Å². The standard InChI is InChI=1S/C15H25NO4S/c1-4-9-19-14-8-7-13(12-15(14)20-10-5-2)16-21(17,18)11-6-3/h7-8,12,16H,4-6,9-11H2,1-3H3. The minimum atomic E-state index is -3.30. The molecule has 0 saturated carbocycles. The van der Waals surface area contributed by atoms with Crippen LogP contribution in [0.4, 0.5) is 5.69 Å². The summed E-state index contributed by atoms with van der Waals surface area (Å²) in [6.07, 6.45) is 2.35. The molecule has 120 valence electrons. The summed E-state index contributed by atoms with van der Waals surface area (Å²) in [6, 6.07) is 5.11. The molecule has 0 atom stereocenters. The molecule has 1 aromatic carbocycles. The zero-order chi connectivity index (χ0) is 15.7. The van der Waals surface area contributed by atoms with Crippen LogP contribution >= 0.6 is 0 Å². The van der Waals surface area contributed by atoms with Gasteiger partial charge in [-0.1, -0.05) is 20.8 Å². The van der Waals surface area contributed by atoms with Crippen LogP contribution in [-0.2, 0) is 10.0 Å². The van der Waals surface area contributed by atoms with E-state index in [1.807, 2.05) is 20.8 Å². The van der Waals surface area contributed by atoms with E-state index >= 15 is 0 Å². The molecule has 0 spiro atoms. The van der Waals surface area contributed by atoms with Crippen LogP contribution in [0.25, 0.3) is 0 Å². The van der Waals surface area contributed by atoms with Crippen molar-refractivity contribution in [3.8, 4) is 11.5 Å². The van der Waals surface area contributed by atoms with Crippen LogP contribution in [0, 0.1) is 0 Å². The molecule has 1 aromatic rings. The molecular formula is C15H25NO4S. The van der Waals surface area contributed by atoms with Gasteiger partial charge in [0.2, 0.25) is 10.0 Å². The Morgan fingerprint density at radius 2 is 1.57 bits per heavy atom. The summed E-state index contributed by atoms with van der Waals surface area (Å²) in [7, 11) is -3.30. The highest BCUT2D eigenvalue weighted by Gasteiger charge is 2.12. The number of rotatable bonds is 10. The van der Waals surface area contributed by atoms with E-state index < -0.39 is 10.0 Å². The lowest BCUT2D eigenvalue weighted by Crippen LogP contribution is -2.16. The predicted octanol–water partition coefficient (Wildman–Crippen LogP) is 3.42. The summed E-state index contributed by atoms with van der Waals surface area (Å²) < 4.78 is 37.4. The van der Waals surface area contributed by atoms with Crippen LogP contribution < -0.4 is 14.2 Å². The summed E-state index contributed by atoms with van der Waals surface area (Å²) in [6.45, 7) is 7.04. The largest absolute Gasteiger partial charge is 0.490 e. The van der Waals surface area contributed by atoms with Gasteiger partial charge in [-0.05, 0) is 31.4 Å². The van der Waals surface area contributed by atoms with E-state index in [9.17, 15) is 8.42 Å². The summed E-state index contributed by atoms with van der Waals surface area (Å²) in [5.74, 6) is 1.32. The number of sulfonamides is 1. The first-order valence-corrected chi connectivity index (χ1v) is 9.07. The minimum absolute atomic E-state index is 0.103. The van der Waals surface area contributed by atoms with Crippen molar-refractivity contribution in [2.24, 2.45) is 0 Å². The van der Waals surface area contributed by atoms with Gasteiger partial charge < -0.3 is 9.47 Å². The zero-order valence-electron chi connectivity index (χ0n) is 13.0. The van der Waals surface area contributed by atoms with E-state index in [0.29, 0.717) is 36.8 Å². The van der Waals surface area contributed by atoms with E-state index in [0.717, 1.165) is 12.8 Å². The maximum absolute atomic E-state index is 11.8. The molecule has 0 amide bonds. The Morgan fingerprint density at radius 3 is 2.14 bits per heavy atom. The Morgan fingerprint density at radius 1 is 0.952 bits per heavy atom. The Balaban J connectivity index is 2.92. The number of hydrogen-bond donors (Lipinski definition) is 1. The number of nitrogens with one attached hydrogen (secondary N) is 1. The van der Waals surface area contributed by atoms with Gasteiger partial charge in [-0.2, -0.15) is 0 Å². The van der Waals surface area contributed by atoms with Crippen molar-refractivity contribution in [2.75, 3.05) is 23.7 Å². The normalized spacial score (nSPS) is 11.2. The molecule has 1 N–H and O–H groups in total. The lowest BCUT2D eigenvalue weighted by molar-refractivity contribution is 0.268. The first-order chi connectivity index (χ1) is 10.0. The molecule has 0 aliphatic carbocycles. The number of benzene rings is 1. The highest BCUT2D eigenvalue weighted by molar-refractivity contribution is 7.92. The molecule has 0 aliphatic rings. The molecule has 0 unspecified atom stereocenters. The Bertz CT molecular complexity index is 528. The summed E-state index contributed by atoms with van der Waals surface area (Å²) >= 11 is 0. The van der Waals surface area contributed by atoms with Crippen molar-refractivity contribution < 1.29 is 17.9 Å². The average Bonchev–Trinajstić information content (AvgIpc) is 2.43. The zero-order valence-corrected chi connectivity index (χ0v) is 13.8. The topological polar surface area (TPSA) is 64.6 Å². The fourth-order valence-corrected chi connectivity index (χ4v) is 2.85. The Hall–Kier alpha value is -1.43. The molecule has 0 fully saturated rings. The molecule has 0 aliphatic heterocycles. The average molecular weight is 315 g/mol. The molecule has 0 saturated heterocycles. The van der Waals surface area contributed by atoms with E-state index in [4.69, 9.17) is 9.47 Å². The van der Waals surface area contributed by atoms with Crippen molar-refractivity contribution >= 4 is 15.7 Å². The van der Waals surface area contributed by atoms with Crippen LogP contribution in [0.15, 0.2) is 18.2 Å². The van der Waals surface area contributed by atoms with Crippen LogP contribution in [-0.4, -0.2) is 27.4 Å². The van der Waals surface area contributed by atoms with Gasteiger partial charge in [-0.25, -0.2) is 8.42 Å². The van der Waals surface area contributed by atoms with Crippen molar-refractivity contribution in [1.82, 2.24) is 0 Å². The minimum Gasteiger partial charge on any atom is -0.490 e. The second-order valence-corrected chi connectivity index (χ2v) is 6.62. The maximum Gasteiger partial charge on any atom is 0.232 e. The first kappa shape index (κ1) is 17.6. The molecule has 1 rings (SSSR count). The van der Waals surface area contributed by atoms with Gasteiger partial charge >= 0.3 is 0 Å². The number of ether oxygens (including phenoxy) is 2. The van der Waals surface area contributed by atoms with Crippen LogP contribution in [0.2, 0.25) is 0 Å². The second kappa shape index (κ2) is 8.77. The highest BCUT2D eigenvalue weighted by atomic mass is 32.2. The lowest BCUT2D eigenvalue weighted by Gasteiger charge is -2.14. The molecule has 21 heavy (non-hydrogen) atoms. The summed E-state index contributed by atoms with van der Waals surface area (Å²) in [4.78, 5) is 0. The second-order valence-electron chi connectivity index (χ2n) is 4.78. The van der Waals surface area contributed by atoms with Gasteiger partial charge in [0.05, 0.1) is 24.7 Å². The van der Waals surface area contributed by atoms with Crippen molar-refractivity contribution in [2.45, 2.75) is 40.0 Å². The van der Waals surface area contributed by atoms with Gasteiger partial charge in [0.25, 0.3) is 0 Å². The van der Waals surface area contributed by atoms with Crippen molar-refractivity contribution in [1.29, 1.82) is 0 Å².